The van der Waals surface area contributed by atoms with Crippen LogP contribution in [0.25, 0.3) is 22.3 Å². The fourth-order valence-electron chi connectivity index (χ4n) is 7.56. The number of benzene rings is 4. The van der Waals surface area contributed by atoms with E-state index in [0.29, 0.717) is 18.7 Å². The molecule has 258 valence electrons. The predicted molar refractivity (Wildman–Crippen MR) is 204 cm³/mol. The molecule has 0 spiro atoms. The first-order chi connectivity index (χ1) is 24.4. The summed E-state index contributed by atoms with van der Waals surface area (Å²) < 4.78 is 0. The van der Waals surface area contributed by atoms with Gasteiger partial charge >= 0.3 is 11.9 Å². The second kappa shape index (κ2) is 14.2. The van der Waals surface area contributed by atoms with Crippen molar-refractivity contribution in [3.8, 4) is 28.3 Å². The Morgan fingerprint density at radius 2 is 1.29 bits per heavy atom. The number of carbonyl (C=O) groups is 2. The van der Waals surface area contributed by atoms with Gasteiger partial charge in [-0.2, -0.15) is 5.26 Å². The van der Waals surface area contributed by atoms with E-state index in [1.165, 1.54) is 0 Å². The number of fused-ring (bicyclic) bond motifs is 2. The molecule has 0 radical (unpaired) electrons. The maximum absolute atomic E-state index is 11.7. The molecule has 1 unspecified atom stereocenters. The highest BCUT2D eigenvalue weighted by Gasteiger charge is 2.43. The van der Waals surface area contributed by atoms with Crippen LogP contribution in [0.2, 0.25) is 0 Å². The predicted octanol–water partition coefficient (Wildman–Crippen LogP) is 9.12. The summed E-state index contributed by atoms with van der Waals surface area (Å²) in [5.41, 5.74) is 9.08. The van der Waals surface area contributed by atoms with E-state index in [2.05, 4.69) is 104 Å². The first-order valence-electron chi connectivity index (χ1n) is 17.3. The van der Waals surface area contributed by atoms with Crippen LogP contribution in [0, 0.1) is 11.3 Å². The van der Waals surface area contributed by atoms with Gasteiger partial charge in [0.25, 0.3) is 0 Å². The second-order valence-corrected chi connectivity index (χ2v) is 14.3. The fraction of sp³-hybridized carbons (Fsp3) is 0.250. The number of carboxylic acids is 2. The zero-order valence-electron chi connectivity index (χ0n) is 29.5. The van der Waals surface area contributed by atoms with Gasteiger partial charge in [0, 0.05) is 41.0 Å². The van der Waals surface area contributed by atoms with Crippen LogP contribution in [0.4, 0.5) is 11.4 Å². The lowest BCUT2D eigenvalue weighted by atomic mass is 9.79. The number of hydrogen-bond acceptors (Lipinski definition) is 5. The maximum atomic E-state index is 11.7. The minimum absolute atomic E-state index is 0.0128. The molecule has 2 heterocycles. The number of hydrogen-bond donors (Lipinski definition) is 2. The molecule has 2 aliphatic rings. The molecule has 4 aromatic carbocycles. The van der Waals surface area contributed by atoms with Gasteiger partial charge in [-0.15, -0.1) is 0 Å². The first-order valence-corrected chi connectivity index (χ1v) is 17.3. The van der Waals surface area contributed by atoms with E-state index in [9.17, 15) is 25.1 Å². The topological polar surface area (TPSA) is 105 Å². The molecule has 7 heteroatoms. The second-order valence-electron chi connectivity index (χ2n) is 14.3. The third kappa shape index (κ3) is 6.95. The van der Waals surface area contributed by atoms with Crippen LogP contribution in [0.5, 0.6) is 0 Å². The van der Waals surface area contributed by atoms with Crippen LogP contribution in [0.15, 0.2) is 133 Å². The van der Waals surface area contributed by atoms with Crippen LogP contribution in [0.3, 0.4) is 0 Å². The highest BCUT2D eigenvalue weighted by Crippen LogP contribution is 2.50. The van der Waals surface area contributed by atoms with Gasteiger partial charge in [-0.3, -0.25) is 9.59 Å². The van der Waals surface area contributed by atoms with Crippen molar-refractivity contribution in [1.29, 1.82) is 5.26 Å². The standard InChI is InChI=1S/C44H43N3O4/c1-43(2)35-27-33(31-11-7-5-8-12-31)17-19-37(35)46(25-23-41(48)49)39(43)21-15-30(29-45)16-22-40-44(3,4)36-28-34(32-13-9-6-10-14-32)18-20-38(36)47(40)26-24-42(50)51/h5-22,27-28,39H,23-26H2,1-4H3,(H,48,49)(H,50,51)/b21-15+,30-16-,40-22+. The zero-order chi connectivity index (χ0) is 36.3. The Hall–Kier alpha value is -5.87. The molecule has 0 fully saturated rings. The summed E-state index contributed by atoms with van der Waals surface area (Å²) in [6, 6.07) is 35.2. The van der Waals surface area contributed by atoms with Crippen LogP contribution < -0.4 is 9.80 Å². The van der Waals surface area contributed by atoms with Crippen molar-refractivity contribution in [1.82, 2.24) is 0 Å². The molecule has 0 aromatic heterocycles. The van der Waals surface area contributed by atoms with Crippen molar-refractivity contribution >= 4 is 23.3 Å². The van der Waals surface area contributed by atoms with Crippen molar-refractivity contribution < 1.29 is 19.8 Å². The van der Waals surface area contributed by atoms with Crippen molar-refractivity contribution in [3.05, 3.63) is 144 Å². The quantitative estimate of drug-likeness (QED) is 0.121. The molecule has 51 heavy (non-hydrogen) atoms. The Kier molecular flexibility index (Phi) is 9.71. The molecule has 0 saturated carbocycles. The van der Waals surface area contributed by atoms with E-state index in [0.717, 1.165) is 50.5 Å². The van der Waals surface area contributed by atoms with Gasteiger partial charge < -0.3 is 20.0 Å². The molecule has 1 atom stereocenters. The van der Waals surface area contributed by atoms with Gasteiger partial charge in [0.2, 0.25) is 0 Å². The molecule has 0 saturated heterocycles. The largest absolute Gasteiger partial charge is 0.481 e. The molecular weight excluding hydrogens is 635 g/mol. The normalized spacial score (nSPS) is 18.1. The van der Waals surface area contributed by atoms with Crippen molar-refractivity contribution in [2.24, 2.45) is 0 Å². The number of nitriles is 1. The smallest absolute Gasteiger partial charge is 0.305 e. The molecule has 0 amide bonds. The third-order valence-electron chi connectivity index (χ3n) is 10.3. The molecule has 2 aliphatic heterocycles. The molecule has 4 aromatic rings. The highest BCUT2D eigenvalue weighted by molar-refractivity contribution is 5.78. The molecule has 2 N–H and O–H groups in total. The minimum atomic E-state index is -0.874. The van der Waals surface area contributed by atoms with Crippen molar-refractivity contribution in [2.75, 3.05) is 22.9 Å². The maximum Gasteiger partial charge on any atom is 0.305 e. The Labute approximate surface area is 300 Å². The van der Waals surface area contributed by atoms with Gasteiger partial charge in [0.1, 0.15) is 0 Å². The summed E-state index contributed by atoms with van der Waals surface area (Å²) in [6.07, 6.45) is 7.54. The number of aliphatic carboxylic acids is 2. The van der Waals surface area contributed by atoms with E-state index in [-0.39, 0.29) is 24.3 Å². The Morgan fingerprint density at radius 3 is 1.86 bits per heavy atom. The van der Waals surface area contributed by atoms with Crippen molar-refractivity contribution in [2.45, 2.75) is 57.4 Å². The third-order valence-corrected chi connectivity index (χ3v) is 10.3. The monoisotopic (exact) mass is 677 g/mol. The summed E-state index contributed by atoms with van der Waals surface area (Å²) in [4.78, 5) is 27.6. The minimum Gasteiger partial charge on any atom is -0.481 e. The molecular formula is C44H43N3O4. The summed E-state index contributed by atoms with van der Waals surface area (Å²) >= 11 is 0. The fourth-order valence-corrected chi connectivity index (χ4v) is 7.56. The first kappa shape index (κ1) is 35.0. The van der Waals surface area contributed by atoms with Gasteiger partial charge in [-0.25, -0.2) is 0 Å². The van der Waals surface area contributed by atoms with Crippen LogP contribution in [-0.4, -0.2) is 41.3 Å². The van der Waals surface area contributed by atoms with E-state index < -0.39 is 17.4 Å². The van der Waals surface area contributed by atoms with E-state index in [4.69, 9.17) is 0 Å². The SMILES string of the molecule is CC1(C)\C(=C/C=C(C#N)/C=C/C2N(CCC(=O)O)c3ccc(-c4ccccc4)cc3C2(C)C)N(CCC(=O)O)c2ccc(-c3ccccc3)cc21. The van der Waals surface area contributed by atoms with E-state index in [1.807, 2.05) is 54.6 Å². The van der Waals surface area contributed by atoms with Gasteiger partial charge in [0.05, 0.1) is 30.5 Å². The van der Waals surface area contributed by atoms with E-state index >= 15 is 0 Å². The average molecular weight is 678 g/mol. The Balaban J connectivity index is 1.35. The Bertz CT molecular complexity index is 2090. The molecule has 0 aliphatic carbocycles. The Morgan fingerprint density at radius 1 is 0.745 bits per heavy atom. The number of rotatable bonds is 11. The van der Waals surface area contributed by atoms with Gasteiger partial charge in [-0.1, -0.05) is 107 Å². The molecule has 7 nitrogen and oxygen atoms in total. The van der Waals surface area contributed by atoms with Gasteiger partial charge in [-0.05, 0) is 75.9 Å². The number of allylic oxidation sites excluding steroid dienone is 5. The summed E-state index contributed by atoms with van der Waals surface area (Å²) in [6.45, 7) is 9.21. The lowest BCUT2D eigenvalue weighted by Gasteiger charge is -2.32. The molecule has 0 bridgehead atoms. The lowest BCUT2D eigenvalue weighted by molar-refractivity contribution is -0.137. The summed E-state index contributed by atoms with van der Waals surface area (Å²) in [5.74, 6) is -1.74. The summed E-state index contributed by atoms with van der Waals surface area (Å²) in [7, 11) is 0. The van der Waals surface area contributed by atoms with Gasteiger partial charge in [0.15, 0.2) is 0 Å². The average Bonchev–Trinajstić information content (AvgIpc) is 3.47. The number of carboxylic acid groups (broad SMARTS) is 2. The lowest BCUT2D eigenvalue weighted by Crippen LogP contribution is -2.41. The van der Waals surface area contributed by atoms with E-state index in [1.54, 1.807) is 6.08 Å². The van der Waals surface area contributed by atoms with Crippen LogP contribution in [-0.2, 0) is 20.4 Å². The number of nitrogens with zero attached hydrogens (tertiary/aromatic N) is 3. The zero-order valence-corrected chi connectivity index (χ0v) is 29.5. The highest BCUT2D eigenvalue weighted by atomic mass is 16.4. The van der Waals surface area contributed by atoms with Crippen molar-refractivity contribution in [3.63, 3.8) is 0 Å². The van der Waals surface area contributed by atoms with Crippen LogP contribution >= 0.6 is 0 Å². The number of anilines is 2. The summed E-state index contributed by atoms with van der Waals surface area (Å²) in [5, 5.41) is 29.5. The molecule has 6 rings (SSSR count). The van der Waals surface area contributed by atoms with Crippen LogP contribution in [0.1, 0.15) is 51.7 Å².